The van der Waals surface area contributed by atoms with Crippen LogP contribution in [0.4, 0.5) is 4.39 Å². The predicted molar refractivity (Wildman–Crippen MR) is 62.7 cm³/mol. The molecule has 90 valence electrons. The lowest BCUT2D eigenvalue weighted by atomic mass is 10.1. The van der Waals surface area contributed by atoms with E-state index in [-0.39, 0.29) is 5.82 Å². The van der Waals surface area contributed by atoms with E-state index in [2.05, 4.69) is 10.1 Å². The Kier molecular flexibility index (Phi) is 3.49. The first-order valence-corrected chi connectivity index (χ1v) is 5.52. The fourth-order valence-corrected chi connectivity index (χ4v) is 1.73. The summed E-state index contributed by atoms with van der Waals surface area (Å²) in [5.41, 5.74) is 6.43. The van der Waals surface area contributed by atoms with Gasteiger partial charge in [0.1, 0.15) is 11.6 Å². The molecule has 5 heteroatoms. The molecule has 0 amide bonds. The number of aromatic nitrogens is 3. The van der Waals surface area contributed by atoms with Gasteiger partial charge in [-0.3, -0.25) is 4.68 Å². The molecule has 0 bridgehead atoms. The predicted octanol–water partition coefficient (Wildman–Crippen LogP) is 1.20. The first-order chi connectivity index (χ1) is 8.19. The summed E-state index contributed by atoms with van der Waals surface area (Å²) in [5.74, 6) is 1.31. The molecule has 2 N–H and O–H groups in total. The Labute approximate surface area is 99.3 Å². The highest BCUT2D eigenvalue weighted by atomic mass is 19.1. The number of halogens is 1. The highest BCUT2D eigenvalue weighted by molar-refractivity contribution is 5.17. The van der Waals surface area contributed by atoms with Gasteiger partial charge in [0.05, 0.1) is 6.54 Å². The van der Waals surface area contributed by atoms with Crippen LogP contribution in [0.1, 0.15) is 17.2 Å². The summed E-state index contributed by atoms with van der Waals surface area (Å²) >= 11 is 0. The SMILES string of the molecule is Cn1nc(CN)nc1CCc1cccc(F)c1. The van der Waals surface area contributed by atoms with Crippen LogP contribution in [0.5, 0.6) is 0 Å². The minimum atomic E-state index is -0.205. The second kappa shape index (κ2) is 5.05. The fourth-order valence-electron chi connectivity index (χ4n) is 1.73. The molecule has 0 unspecified atom stereocenters. The van der Waals surface area contributed by atoms with Crippen molar-refractivity contribution < 1.29 is 4.39 Å². The Balaban J connectivity index is 2.04. The molecule has 0 atom stereocenters. The van der Waals surface area contributed by atoms with E-state index in [0.29, 0.717) is 12.4 Å². The van der Waals surface area contributed by atoms with Gasteiger partial charge in [-0.25, -0.2) is 9.37 Å². The highest BCUT2D eigenvalue weighted by Crippen LogP contribution is 2.07. The van der Waals surface area contributed by atoms with Crippen molar-refractivity contribution in [3.05, 3.63) is 47.3 Å². The molecule has 0 saturated carbocycles. The zero-order valence-corrected chi connectivity index (χ0v) is 9.73. The lowest BCUT2D eigenvalue weighted by Crippen LogP contribution is -2.01. The minimum Gasteiger partial charge on any atom is -0.324 e. The summed E-state index contributed by atoms with van der Waals surface area (Å²) in [6.07, 6.45) is 1.47. The molecule has 1 aromatic carbocycles. The number of hydrogen-bond donors (Lipinski definition) is 1. The molecular formula is C12H15FN4. The molecule has 1 heterocycles. The molecule has 0 aliphatic heterocycles. The number of hydrogen-bond acceptors (Lipinski definition) is 3. The molecule has 0 saturated heterocycles. The molecule has 0 radical (unpaired) electrons. The third-order valence-corrected chi connectivity index (χ3v) is 2.61. The van der Waals surface area contributed by atoms with Crippen LogP contribution in [0.15, 0.2) is 24.3 Å². The van der Waals surface area contributed by atoms with Gasteiger partial charge in [0.15, 0.2) is 5.82 Å². The summed E-state index contributed by atoms with van der Waals surface area (Å²) in [6.45, 7) is 0.341. The Bertz CT molecular complexity index is 507. The van der Waals surface area contributed by atoms with Crippen molar-refractivity contribution in [2.45, 2.75) is 19.4 Å². The molecule has 0 aliphatic rings. The van der Waals surface area contributed by atoms with Crippen molar-refractivity contribution in [3.8, 4) is 0 Å². The van der Waals surface area contributed by atoms with E-state index in [4.69, 9.17) is 5.73 Å². The van der Waals surface area contributed by atoms with Crippen LogP contribution in [0, 0.1) is 5.82 Å². The maximum absolute atomic E-state index is 13.0. The van der Waals surface area contributed by atoms with E-state index < -0.39 is 0 Å². The third kappa shape index (κ3) is 2.88. The van der Waals surface area contributed by atoms with Gasteiger partial charge in [-0.1, -0.05) is 12.1 Å². The van der Waals surface area contributed by atoms with Crippen molar-refractivity contribution in [2.24, 2.45) is 12.8 Å². The molecule has 2 aromatic rings. The van der Waals surface area contributed by atoms with Gasteiger partial charge in [-0.15, -0.1) is 0 Å². The van der Waals surface area contributed by atoms with Crippen molar-refractivity contribution in [2.75, 3.05) is 0 Å². The van der Waals surface area contributed by atoms with Gasteiger partial charge >= 0.3 is 0 Å². The van der Waals surface area contributed by atoms with Crippen molar-refractivity contribution in [1.82, 2.24) is 14.8 Å². The molecule has 0 aliphatic carbocycles. The van der Waals surface area contributed by atoms with E-state index in [1.807, 2.05) is 13.1 Å². The number of nitrogens with two attached hydrogens (primary N) is 1. The Morgan fingerprint density at radius 1 is 1.35 bits per heavy atom. The average molecular weight is 234 g/mol. The highest BCUT2D eigenvalue weighted by Gasteiger charge is 2.06. The smallest absolute Gasteiger partial charge is 0.164 e. The summed E-state index contributed by atoms with van der Waals surface area (Å²) in [7, 11) is 1.84. The molecule has 4 nitrogen and oxygen atoms in total. The number of rotatable bonds is 4. The topological polar surface area (TPSA) is 56.7 Å². The van der Waals surface area contributed by atoms with Crippen LogP contribution < -0.4 is 5.73 Å². The van der Waals surface area contributed by atoms with Crippen LogP contribution in [0.2, 0.25) is 0 Å². The Hall–Kier alpha value is -1.75. The van der Waals surface area contributed by atoms with Crippen LogP contribution in [-0.4, -0.2) is 14.8 Å². The molecule has 2 rings (SSSR count). The lowest BCUT2D eigenvalue weighted by molar-refractivity contribution is 0.624. The van der Waals surface area contributed by atoms with E-state index in [1.165, 1.54) is 6.07 Å². The fraction of sp³-hybridized carbons (Fsp3) is 0.333. The number of aryl methyl sites for hydroxylation is 3. The summed E-state index contributed by atoms with van der Waals surface area (Å²) in [4.78, 5) is 4.30. The summed E-state index contributed by atoms with van der Waals surface area (Å²) < 4.78 is 14.7. The van der Waals surface area contributed by atoms with Crippen LogP contribution >= 0.6 is 0 Å². The minimum absolute atomic E-state index is 0.205. The largest absolute Gasteiger partial charge is 0.324 e. The van der Waals surface area contributed by atoms with E-state index in [1.54, 1.807) is 16.8 Å². The van der Waals surface area contributed by atoms with Crippen LogP contribution in [0.25, 0.3) is 0 Å². The second-order valence-corrected chi connectivity index (χ2v) is 3.90. The van der Waals surface area contributed by atoms with E-state index >= 15 is 0 Å². The molecule has 0 fully saturated rings. The number of nitrogens with zero attached hydrogens (tertiary/aromatic N) is 3. The Morgan fingerprint density at radius 3 is 2.82 bits per heavy atom. The van der Waals surface area contributed by atoms with E-state index in [9.17, 15) is 4.39 Å². The first-order valence-electron chi connectivity index (χ1n) is 5.52. The normalized spacial score (nSPS) is 10.8. The maximum atomic E-state index is 13.0. The van der Waals surface area contributed by atoms with E-state index in [0.717, 1.165) is 24.2 Å². The van der Waals surface area contributed by atoms with Gasteiger partial charge in [0.2, 0.25) is 0 Å². The third-order valence-electron chi connectivity index (χ3n) is 2.61. The molecule has 17 heavy (non-hydrogen) atoms. The van der Waals surface area contributed by atoms with Crippen molar-refractivity contribution in [1.29, 1.82) is 0 Å². The molecular weight excluding hydrogens is 219 g/mol. The van der Waals surface area contributed by atoms with Gasteiger partial charge < -0.3 is 5.73 Å². The van der Waals surface area contributed by atoms with Crippen LogP contribution in [-0.2, 0) is 26.4 Å². The van der Waals surface area contributed by atoms with Crippen molar-refractivity contribution in [3.63, 3.8) is 0 Å². The van der Waals surface area contributed by atoms with Gasteiger partial charge in [0.25, 0.3) is 0 Å². The average Bonchev–Trinajstić information content (AvgIpc) is 2.68. The quantitative estimate of drug-likeness (QED) is 0.864. The lowest BCUT2D eigenvalue weighted by Gasteiger charge is -2.01. The van der Waals surface area contributed by atoms with Gasteiger partial charge in [0, 0.05) is 13.5 Å². The second-order valence-electron chi connectivity index (χ2n) is 3.90. The van der Waals surface area contributed by atoms with Gasteiger partial charge in [-0.05, 0) is 24.1 Å². The number of benzene rings is 1. The standard InChI is InChI=1S/C12H15FN4/c1-17-12(15-11(8-14)16-17)6-5-9-3-2-4-10(13)7-9/h2-4,7H,5-6,8,14H2,1H3. The summed E-state index contributed by atoms with van der Waals surface area (Å²) in [6, 6.07) is 6.61. The zero-order valence-electron chi connectivity index (χ0n) is 9.73. The van der Waals surface area contributed by atoms with Gasteiger partial charge in [-0.2, -0.15) is 5.10 Å². The molecule has 0 spiro atoms. The monoisotopic (exact) mass is 234 g/mol. The van der Waals surface area contributed by atoms with Crippen LogP contribution in [0.3, 0.4) is 0 Å². The zero-order chi connectivity index (χ0) is 12.3. The van der Waals surface area contributed by atoms with Crippen molar-refractivity contribution >= 4 is 0 Å². The summed E-state index contributed by atoms with van der Waals surface area (Å²) in [5, 5.41) is 4.17. The Morgan fingerprint density at radius 2 is 2.18 bits per heavy atom. The first kappa shape index (κ1) is 11.7. The molecule has 1 aromatic heterocycles. The maximum Gasteiger partial charge on any atom is 0.164 e.